The number of carbonyl (C=O) groups excluding carboxylic acids is 1. The molecule has 3 aromatic rings. The molecule has 5 rings (SSSR count). The highest BCUT2D eigenvalue weighted by atomic mass is 31.3. The van der Waals surface area contributed by atoms with Crippen LogP contribution in [-0.2, 0) is 32.0 Å². The van der Waals surface area contributed by atoms with Gasteiger partial charge in [0, 0.05) is 6.07 Å². The van der Waals surface area contributed by atoms with Gasteiger partial charge in [-0.15, -0.1) is 0 Å². The van der Waals surface area contributed by atoms with Crippen LogP contribution in [0.15, 0.2) is 30.9 Å². The second-order valence-electron chi connectivity index (χ2n) is 9.88. The molecule has 45 heavy (non-hydrogen) atoms. The first-order valence-corrected chi connectivity index (χ1v) is 15.8. The van der Waals surface area contributed by atoms with Crippen molar-refractivity contribution >= 4 is 44.5 Å². The highest BCUT2D eigenvalue weighted by molar-refractivity contribution is 7.61. The lowest BCUT2D eigenvalue weighted by molar-refractivity contribution is -0.765. The summed E-state index contributed by atoms with van der Waals surface area (Å²) in [6.07, 6.45) is -8.50. The molecule has 2 fully saturated rings. The number of primary amides is 1. The number of nitrogens with two attached hydrogens (primary N) is 3. The topological polar surface area (TPSA) is 344 Å². The average molecular weight is 679 g/mol. The number of ether oxygens (including phenoxy) is 2. The number of anilines is 2. The van der Waals surface area contributed by atoms with Crippen LogP contribution in [0.5, 0.6) is 0 Å². The van der Waals surface area contributed by atoms with Crippen LogP contribution in [0.2, 0.25) is 0 Å². The zero-order valence-electron chi connectivity index (χ0n) is 22.7. The van der Waals surface area contributed by atoms with E-state index < -0.39 is 83.8 Å². The van der Waals surface area contributed by atoms with Crippen LogP contribution in [0.3, 0.4) is 0 Å². The van der Waals surface area contributed by atoms with Crippen LogP contribution in [0.1, 0.15) is 22.8 Å². The minimum Gasteiger partial charge on any atom is -0.387 e. The molecule has 0 bridgehead atoms. The molecule has 0 radical (unpaired) electrons. The smallest absolute Gasteiger partial charge is 0.387 e. The Morgan fingerprint density at radius 2 is 1.60 bits per heavy atom. The molecular formula is C21H29N8O14P2+. The van der Waals surface area contributed by atoms with Crippen molar-refractivity contribution in [2.75, 3.05) is 24.7 Å². The lowest BCUT2D eigenvalue weighted by atomic mass is 10.1. The van der Waals surface area contributed by atoms with Gasteiger partial charge in [-0.25, -0.2) is 24.1 Å². The van der Waals surface area contributed by atoms with Crippen LogP contribution < -0.4 is 21.8 Å². The summed E-state index contributed by atoms with van der Waals surface area (Å²) in [7, 11) is -10.8. The second-order valence-corrected chi connectivity index (χ2v) is 12.9. The molecule has 1 amide bonds. The van der Waals surface area contributed by atoms with Crippen LogP contribution in [0.25, 0.3) is 11.2 Å². The summed E-state index contributed by atoms with van der Waals surface area (Å²) in [6, 6.07) is 2.83. The van der Waals surface area contributed by atoms with E-state index >= 15 is 0 Å². The minimum absolute atomic E-state index is 0.0220. The van der Waals surface area contributed by atoms with Crippen molar-refractivity contribution in [3.8, 4) is 0 Å². The van der Waals surface area contributed by atoms with E-state index in [1.54, 1.807) is 0 Å². The van der Waals surface area contributed by atoms with E-state index in [0.29, 0.717) is 0 Å². The highest BCUT2D eigenvalue weighted by Gasteiger charge is 2.50. The largest absolute Gasteiger partial charge is 0.481 e. The normalized spacial score (nSPS) is 31.2. The molecule has 0 aliphatic carbocycles. The first-order chi connectivity index (χ1) is 21.1. The number of amides is 1. The summed E-state index contributed by atoms with van der Waals surface area (Å²) >= 11 is 0. The summed E-state index contributed by atoms with van der Waals surface area (Å²) in [4.78, 5) is 43.3. The molecule has 0 spiro atoms. The number of nitrogen functional groups attached to an aromatic ring is 2. The van der Waals surface area contributed by atoms with Crippen molar-refractivity contribution in [3.63, 3.8) is 0 Å². The van der Waals surface area contributed by atoms with E-state index in [2.05, 4.69) is 23.8 Å². The number of aliphatic hydroxyl groups is 4. The van der Waals surface area contributed by atoms with Crippen molar-refractivity contribution in [2.45, 2.75) is 49.1 Å². The predicted molar refractivity (Wildman–Crippen MR) is 144 cm³/mol. The number of fused-ring (bicyclic) bond motifs is 1. The molecule has 24 heteroatoms. The minimum atomic E-state index is -5.40. The van der Waals surface area contributed by atoms with Crippen LogP contribution in [0.4, 0.5) is 11.8 Å². The SMILES string of the molecule is NC(=O)c1ccc[n+]([C@@H]2O[C@H](COP(=O)(O)OP(=O)(O)OC[C@H]3O[C@@H](n4c(N)nc5c(N)ncnc54)[C@H](O)[C@@H]3O)[C@@H](O)[C@H]2O)c1. The Bertz CT molecular complexity index is 1680. The number of phosphoric ester groups is 2. The van der Waals surface area contributed by atoms with Crippen molar-refractivity contribution in [1.29, 1.82) is 0 Å². The van der Waals surface area contributed by atoms with Gasteiger partial charge in [0.15, 0.2) is 41.7 Å². The third-order valence-corrected chi connectivity index (χ3v) is 9.47. The molecule has 12 N–H and O–H groups in total. The lowest BCUT2D eigenvalue weighted by Crippen LogP contribution is -2.46. The summed E-state index contributed by atoms with van der Waals surface area (Å²) in [5.41, 5.74) is 17.1. The average Bonchev–Trinajstić information content (AvgIpc) is 3.56. The van der Waals surface area contributed by atoms with Gasteiger partial charge >= 0.3 is 15.6 Å². The highest BCUT2D eigenvalue weighted by Crippen LogP contribution is 2.60. The Morgan fingerprint density at radius 1 is 0.978 bits per heavy atom. The Hall–Kier alpha value is -3.21. The van der Waals surface area contributed by atoms with Crippen LogP contribution in [-0.4, -0.2) is 105 Å². The molecule has 5 heterocycles. The van der Waals surface area contributed by atoms with E-state index in [4.69, 9.17) is 31.2 Å². The number of rotatable bonds is 11. The number of hydrogen-bond donors (Lipinski definition) is 9. The third kappa shape index (κ3) is 6.83. The fraction of sp³-hybridized carbons (Fsp3) is 0.476. The second kappa shape index (κ2) is 12.5. The van der Waals surface area contributed by atoms with Crippen LogP contribution in [0, 0.1) is 0 Å². The zero-order valence-corrected chi connectivity index (χ0v) is 24.5. The van der Waals surface area contributed by atoms with Crippen molar-refractivity contribution < 1.29 is 71.5 Å². The van der Waals surface area contributed by atoms with Gasteiger partial charge in [-0.05, 0) is 6.07 Å². The molecule has 22 nitrogen and oxygen atoms in total. The van der Waals surface area contributed by atoms with Crippen molar-refractivity contribution in [2.24, 2.45) is 5.73 Å². The maximum Gasteiger partial charge on any atom is 0.481 e. The molecule has 2 aliphatic rings. The van der Waals surface area contributed by atoms with E-state index in [1.807, 2.05) is 0 Å². The van der Waals surface area contributed by atoms with E-state index in [9.17, 15) is 44.1 Å². The van der Waals surface area contributed by atoms with Gasteiger partial charge in [0.05, 0.1) is 13.2 Å². The monoisotopic (exact) mass is 679 g/mol. The summed E-state index contributed by atoms with van der Waals surface area (Å²) in [6.45, 7) is -1.85. The van der Waals surface area contributed by atoms with Gasteiger partial charge in [0.25, 0.3) is 12.1 Å². The number of carbonyl (C=O) groups is 1. The van der Waals surface area contributed by atoms with Gasteiger partial charge in [-0.3, -0.25) is 18.4 Å². The molecule has 2 unspecified atom stereocenters. The maximum atomic E-state index is 12.5. The first-order valence-electron chi connectivity index (χ1n) is 12.8. The number of phosphoric acid groups is 2. The Labute approximate surface area is 251 Å². The fourth-order valence-electron chi connectivity index (χ4n) is 4.70. The number of pyridine rings is 1. The van der Waals surface area contributed by atoms with E-state index in [0.717, 1.165) is 10.9 Å². The predicted octanol–water partition coefficient (Wildman–Crippen LogP) is -3.43. The quantitative estimate of drug-likeness (QED) is 0.0703. The molecule has 3 aromatic heterocycles. The summed E-state index contributed by atoms with van der Waals surface area (Å²) < 4.78 is 51.9. The molecule has 246 valence electrons. The van der Waals surface area contributed by atoms with Gasteiger partial charge in [0.2, 0.25) is 5.95 Å². The molecule has 2 saturated heterocycles. The zero-order chi connectivity index (χ0) is 32.8. The van der Waals surface area contributed by atoms with Gasteiger partial charge < -0.3 is 56.9 Å². The summed E-state index contributed by atoms with van der Waals surface area (Å²) in [5, 5.41) is 41.8. The lowest BCUT2D eigenvalue weighted by Gasteiger charge is -2.20. The Balaban J connectivity index is 1.17. The van der Waals surface area contributed by atoms with Crippen LogP contribution >= 0.6 is 15.6 Å². The Kier molecular flexibility index (Phi) is 9.23. The van der Waals surface area contributed by atoms with Gasteiger partial charge in [-0.1, -0.05) is 0 Å². The van der Waals surface area contributed by atoms with E-state index in [-0.39, 0.29) is 28.5 Å². The number of imidazole rings is 1. The fourth-order valence-corrected chi connectivity index (χ4v) is 6.79. The maximum absolute atomic E-state index is 12.5. The number of aromatic nitrogens is 5. The molecule has 10 atom stereocenters. The third-order valence-electron chi connectivity index (χ3n) is 6.87. The number of hydrogen-bond acceptors (Lipinski definition) is 17. The first kappa shape index (κ1) is 33.2. The number of aliphatic hydroxyl groups excluding tert-OH is 4. The molecular weight excluding hydrogens is 650 g/mol. The standard InChI is InChI=1S/C21H28N8O14P2/c22-16-11-18(26-7-25-16)29(21(24)27-11)20-15(33)13(31)10(42-20)6-40-45(37,38)43-44(35,36)39-5-9-12(30)14(32)19(41-9)28-3-1-2-8(4-28)17(23)34/h1-4,7,9-10,12-15,19-20,30-33H,5-6H2,(H7-,22,23,24,25,26,27,34,35,36,37,38)/p+1/t9-,10-,12-,13-,14-,15-,19-,20-/m1/s1. The Morgan fingerprint density at radius 3 is 2.24 bits per heavy atom. The van der Waals surface area contributed by atoms with Crippen molar-refractivity contribution in [1.82, 2.24) is 19.5 Å². The van der Waals surface area contributed by atoms with Gasteiger partial charge in [0.1, 0.15) is 42.4 Å². The summed E-state index contributed by atoms with van der Waals surface area (Å²) in [5.74, 6) is -1.00. The van der Waals surface area contributed by atoms with E-state index in [1.165, 1.54) is 29.1 Å². The number of nitrogens with zero attached hydrogens (tertiary/aromatic N) is 5. The molecule has 0 saturated carbocycles. The van der Waals surface area contributed by atoms with Crippen molar-refractivity contribution in [3.05, 3.63) is 36.4 Å². The molecule has 2 aliphatic heterocycles. The van der Waals surface area contributed by atoms with Gasteiger partial charge in [-0.2, -0.15) is 8.88 Å². The molecule has 0 aromatic carbocycles.